The van der Waals surface area contributed by atoms with E-state index in [0.717, 1.165) is 22.0 Å². The molecule has 1 aromatic heterocycles. The highest BCUT2D eigenvalue weighted by Gasteiger charge is 2.13. The number of nitrogens with one attached hydrogen (secondary N) is 1. The van der Waals surface area contributed by atoms with Crippen LogP contribution in [0.2, 0.25) is 10.0 Å². The number of hydrazone groups is 1. The fourth-order valence-corrected chi connectivity index (χ4v) is 4.14. The standard InChI is InChI=1S/C30H21Cl2N3O2/c31-23-12-10-20(11-13-23)19-37-29-15-14-24(32)16-22(29)18-33-35-30(36)26-17-28(21-6-2-1-3-7-21)34-27-9-5-4-8-25(26)27/h1-18H,19H2,(H,35,36)/b33-18-. The minimum Gasteiger partial charge on any atom is -0.488 e. The zero-order valence-electron chi connectivity index (χ0n) is 19.6. The molecule has 5 rings (SSSR count). The summed E-state index contributed by atoms with van der Waals surface area (Å²) in [5.74, 6) is 0.232. The van der Waals surface area contributed by atoms with Gasteiger partial charge in [-0.25, -0.2) is 10.4 Å². The summed E-state index contributed by atoms with van der Waals surface area (Å²) in [6.07, 6.45) is 1.52. The molecule has 0 radical (unpaired) electrons. The third kappa shape index (κ3) is 5.97. The second-order valence-corrected chi connectivity index (χ2v) is 9.11. The van der Waals surface area contributed by atoms with Gasteiger partial charge in [-0.1, -0.05) is 83.9 Å². The molecular formula is C30H21Cl2N3O2. The third-order valence-electron chi connectivity index (χ3n) is 5.68. The normalized spacial score (nSPS) is 11.1. The van der Waals surface area contributed by atoms with Crippen LogP contribution < -0.4 is 10.2 Å². The van der Waals surface area contributed by atoms with E-state index in [-0.39, 0.29) is 5.91 Å². The van der Waals surface area contributed by atoms with Gasteiger partial charge in [0.05, 0.1) is 23.0 Å². The maximum absolute atomic E-state index is 13.2. The second kappa shape index (κ2) is 11.2. The van der Waals surface area contributed by atoms with Crippen molar-refractivity contribution in [3.8, 4) is 17.0 Å². The topological polar surface area (TPSA) is 63.6 Å². The van der Waals surface area contributed by atoms with Crippen LogP contribution in [0, 0.1) is 0 Å². The molecule has 0 bridgehead atoms. The molecule has 0 saturated heterocycles. The van der Waals surface area contributed by atoms with E-state index >= 15 is 0 Å². The number of para-hydroxylation sites is 1. The van der Waals surface area contributed by atoms with Crippen molar-refractivity contribution in [2.75, 3.05) is 0 Å². The van der Waals surface area contributed by atoms with Crippen molar-refractivity contribution < 1.29 is 9.53 Å². The molecular weight excluding hydrogens is 505 g/mol. The predicted molar refractivity (Wildman–Crippen MR) is 149 cm³/mol. The van der Waals surface area contributed by atoms with E-state index in [4.69, 9.17) is 32.9 Å². The van der Waals surface area contributed by atoms with Gasteiger partial charge in [0, 0.05) is 26.6 Å². The van der Waals surface area contributed by atoms with Gasteiger partial charge in [0.2, 0.25) is 0 Å². The highest BCUT2D eigenvalue weighted by Crippen LogP contribution is 2.25. The number of benzene rings is 4. The summed E-state index contributed by atoms with van der Waals surface area (Å²) in [5.41, 5.74) is 7.07. The van der Waals surface area contributed by atoms with Gasteiger partial charge in [-0.3, -0.25) is 4.79 Å². The predicted octanol–water partition coefficient (Wildman–Crippen LogP) is 7.55. The number of aromatic nitrogens is 1. The van der Waals surface area contributed by atoms with Crippen LogP contribution in [-0.2, 0) is 6.61 Å². The molecule has 182 valence electrons. The molecule has 1 N–H and O–H groups in total. The molecule has 0 atom stereocenters. The lowest BCUT2D eigenvalue weighted by Gasteiger charge is -2.10. The van der Waals surface area contributed by atoms with Crippen molar-refractivity contribution in [2.24, 2.45) is 5.10 Å². The Morgan fingerprint density at radius 2 is 1.59 bits per heavy atom. The van der Waals surface area contributed by atoms with Crippen LogP contribution in [-0.4, -0.2) is 17.1 Å². The Hall–Kier alpha value is -4.19. The third-order valence-corrected chi connectivity index (χ3v) is 6.17. The summed E-state index contributed by atoms with van der Waals surface area (Å²) < 4.78 is 5.97. The molecule has 4 aromatic carbocycles. The second-order valence-electron chi connectivity index (χ2n) is 8.23. The van der Waals surface area contributed by atoms with Crippen molar-refractivity contribution >= 4 is 46.2 Å². The Balaban J connectivity index is 1.37. The molecule has 0 aliphatic rings. The highest BCUT2D eigenvalue weighted by molar-refractivity contribution is 6.31. The summed E-state index contributed by atoms with van der Waals surface area (Å²) in [4.78, 5) is 17.9. The summed E-state index contributed by atoms with van der Waals surface area (Å²) >= 11 is 12.2. The molecule has 0 spiro atoms. The maximum atomic E-state index is 13.2. The van der Waals surface area contributed by atoms with Crippen LogP contribution in [0.3, 0.4) is 0 Å². The molecule has 1 heterocycles. The Kier molecular flexibility index (Phi) is 7.45. The monoisotopic (exact) mass is 525 g/mol. The molecule has 0 saturated carbocycles. The van der Waals surface area contributed by atoms with Crippen LogP contribution in [0.15, 0.2) is 108 Å². The van der Waals surface area contributed by atoms with Crippen LogP contribution in [0.25, 0.3) is 22.2 Å². The number of hydrogen-bond donors (Lipinski definition) is 1. The number of ether oxygens (including phenoxy) is 1. The molecule has 5 aromatic rings. The average molecular weight is 526 g/mol. The van der Waals surface area contributed by atoms with Crippen LogP contribution >= 0.6 is 23.2 Å². The van der Waals surface area contributed by atoms with Crippen LogP contribution in [0.4, 0.5) is 0 Å². The van der Waals surface area contributed by atoms with Gasteiger partial charge >= 0.3 is 0 Å². The number of rotatable bonds is 7. The number of fused-ring (bicyclic) bond motifs is 1. The lowest BCUT2D eigenvalue weighted by Crippen LogP contribution is -2.18. The number of hydrogen-bond acceptors (Lipinski definition) is 4. The first-order valence-electron chi connectivity index (χ1n) is 11.5. The molecule has 0 unspecified atom stereocenters. The molecule has 0 aliphatic heterocycles. The smallest absolute Gasteiger partial charge is 0.272 e. The zero-order chi connectivity index (χ0) is 25.6. The van der Waals surface area contributed by atoms with Gasteiger partial charge in [0.15, 0.2) is 0 Å². The van der Waals surface area contributed by atoms with Crippen molar-refractivity contribution in [3.05, 3.63) is 130 Å². The first-order chi connectivity index (χ1) is 18.1. The lowest BCUT2D eigenvalue weighted by atomic mass is 10.0. The van der Waals surface area contributed by atoms with Crippen LogP contribution in [0.5, 0.6) is 5.75 Å². The number of halogens is 2. The fraction of sp³-hybridized carbons (Fsp3) is 0.0333. The Morgan fingerprint density at radius 1 is 0.865 bits per heavy atom. The zero-order valence-corrected chi connectivity index (χ0v) is 21.1. The van der Waals surface area contributed by atoms with E-state index in [1.165, 1.54) is 6.21 Å². The Bertz CT molecular complexity index is 1590. The van der Waals surface area contributed by atoms with Gasteiger partial charge in [-0.2, -0.15) is 5.10 Å². The Morgan fingerprint density at radius 3 is 2.41 bits per heavy atom. The highest BCUT2D eigenvalue weighted by atomic mass is 35.5. The van der Waals surface area contributed by atoms with Gasteiger partial charge in [0.25, 0.3) is 5.91 Å². The van der Waals surface area contributed by atoms with Crippen molar-refractivity contribution in [1.82, 2.24) is 10.4 Å². The van der Waals surface area contributed by atoms with E-state index in [9.17, 15) is 4.79 Å². The largest absolute Gasteiger partial charge is 0.488 e. The van der Waals surface area contributed by atoms with E-state index in [2.05, 4.69) is 10.5 Å². The molecule has 0 fully saturated rings. The first-order valence-corrected chi connectivity index (χ1v) is 12.3. The van der Waals surface area contributed by atoms with E-state index < -0.39 is 0 Å². The van der Waals surface area contributed by atoms with E-state index in [1.807, 2.05) is 78.9 Å². The van der Waals surface area contributed by atoms with Gasteiger partial charge in [-0.15, -0.1) is 0 Å². The van der Waals surface area contributed by atoms with E-state index in [0.29, 0.717) is 39.2 Å². The quantitative estimate of drug-likeness (QED) is 0.176. The van der Waals surface area contributed by atoms with Crippen LogP contribution in [0.1, 0.15) is 21.5 Å². The van der Waals surface area contributed by atoms with Crippen molar-refractivity contribution in [3.63, 3.8) is 0 Å². The fourth-order valence-electron chi connectivity index (χ4n) is 3.83. The summed E-state index contributed by atoms with van der Waals surface area (Å²) in [7, 11) is 0. The summed E-state index contributed by atoms with van der Waals surface area (Å²) in [5, 5.41) is 6.13. The number of nitrogens with zero attached hydrogens (tertiary/aromatic N) is 2. The van der Waals surface area contributed by atoms with Crippen molar-refractivity contribution in [1.29, 1.82) is 0 Å². The van der Waals surface area contributed by atoms with Gasteiger partial charge < -0.3 is 4.74 Å². The maximum Gasteiger partial charge on any atom is 0.272 e. The molecule has 1 amide bonds. The SMILES string of the molecule is O=C(N/N=C\c1cc(Cl)ccc1OCc1ccc(Cl)cc1)c1cc(-c2ccccc2)nc2ccccc12. The number of carbonyl (C=O) groups excluding carboxylic acids is 1. The molecule has 5 nitrogen and oxygen atoms in total. The lowest BCUT2D eigenvalue weighted by molar-refractivity contribution is 0.0956. The van der Waals surface area contributed by atoms with Gasteiger partial charge in [-0.05, 0) is 48.0 Å². The number of pyridine rings is 1. The number of amides is 1. The molecule has 7 heteroatoms. The van der Waals surface area contributed by atoms with E-state index in [1.54, 1.807) is 24.3 Å². The van der Waals surface area contributed by atoms with Gasteiger partial charge in [0.1, 0.15) is 12.4 Å². The first kappa shape index (κ1) is 24.5. The molecule has 37 heavy (non-hydrogen) atoms. The summed E-state index contributed by atoms with van der Waals surface area (Å²) in [6.45, 7) is 0.345. The number of carbonyl (C=O) groups is 1. The summed E-state index contributed by atoms with van der Waals surface area (Å²) in [6, 6.07) is 31.7. The van der Waals surface area contributed by atoms with Crippen molar-refractivity contribution in [2.45, 2.75) is 6.61 Å². The molecule has 0 aliphatic carbocycles. The minimum atomic E-state index is -0.349. The Labute approximate surface area is 224 Å². The minimum absolute atomic E-state index is 0.345. The average Bonchev–Trinajstić information content (AvgIpc) is 2.93.